The molecule has 0 spiro atoms. The average molecular weight is 346 g/mol. The van der Waals surface area contributed by atoms with E-state index in [1.807, 2.05) is 29.2 Å². The molecule has 136 valence electrons. The Kier molecular flexibility index (Phi) is 5.46. The van der Waals surface area contributed by atoms with E-state index in [-0.39, 0.29) is 11.8 Å². The average Bonchev–Trinajstić information content (AvgIpc) is 3.47. The molecular weight excluding hydrogens is 320 g/mol. The second-order valence-electron chi connectivity index (χ2n) is 6.71. The van der Waals surface area contributed by atoms with Gasteiger partial charge in [0.25, 0.3) is 0 Å². The number of likely N-dealkylation sites (tertiary alicyclic amines) is 1. The van der Waals surface area contributed by atoms with Crippen LogP contribution in [-0.4, -0.2) is 50.1 Å². The van der Waals surface area contributed by atoms with Gasteiger partial charge >= 0.3 is 0 Å². The number of carbonyl (C=O) groups is 2. The molecule has 0 atom stereocenters. The summed E-state index contributed by atoms with van der Waals surface area (Å²) in [5.74, 6) is 1.36. The van der Waals surface area contributed by atoms with E-state index in [0.29, 0.717) is 26.0 Å². The van der Waals surface area contributed by atoms with Gasteiger partial charge in [0.1, 0.15) is 23.5 Å². The largest absolute Gasteiger partial charge is 0.497 e. The number of nitrogens with one attached hydrogen (secondary N) is 1. The maximum absolute atomic E-state index is 12.7. The van der Waals surface area contributed by atoms with Crippen LogP contribution in [0.1, 0.15) is 32.1 Å². The number of rotatable bonds is 7. The van der Waals surface area contributed by atoms with Gasteiger partial charge in [0.05, 0.1) is 13.7 Å². The van der Waals surface area contributed by atoms with E-state index >= 15 is 0 Å². The molecule has 2 aliphatic rings. The van der Waals surface area contributed by atoms with E-state index in [2.05, 4.69) is 5.32 Å². The molecule has 1 saturated heterocycles. The van der Waals surface area contributed by atoms with E-state index in [4.69, 9.17) is 9.47 Å². The molecule has 1 aliphatic heterocycles. The fourth-order valence-corrected chi connectivity index (χ4v) is 3.24. The molecule has 1 N–H and O–H groups in total. The number of benzene rings is 1. The Bertz CT molecular complexity index is 604. The Labute approximate surface area is 148 Å². The van der Waals surface area contributed by atoms with Crippen molar-refractivity contribution in [3.05, 3.63) is 24.3 Å². The van der Waals surface area contributed by atoms with Crippen LogP contribution in [0.5, 0.6) is 11.5 Å². The molecule has 25 heavy (non-hydrogen) atoms. The summed E-state index contributed by atoms with van der Waals surface area (Å²) in [5.41, 5.74) is -0.808. The Morgan fingerprint density at radius 1 is 1.08 bits per heavy atom. The Morgan fingerprint density at radius 2 is 1.72 bits per heavy atom. The van der Waals surface area contributed by atoms with Crippen LogP contribution in [0.3, 0.4) is 0 Å². The fourth-order valence-electron chi connectivity index (χ4n) is 3.24. The molecule has 6 nitrogen and oxygen atoms in total. The molecule has 3 rings (SSSR count). The highest BCUT2D eigenvalue weighted by atomic mass is 16.5. The molecule has 0 radical (unpaired) electrons. The van der Waals surface area contributed by atoms with Crippen molar-refractivity contribution in [3.63, 3.8) is 0 Å². The summed E-state index contributed by atoms with van der Waals surface area (Å²) in [6, 6.07) is 7.29. The third-order valence-electron chi connectivity index (χ3n) is 4.95. The van der Waals surface area contributed by atoms with Crippen molar-refractivity contribution in [2.75, 3.05) is 33.4 Å². The molecular formula is C19H26N2O4. The maximum atomic E-state index is 12.7. The molecule has 1 aromatic rings. The second-order valence-corrected chi connectivity index (χ2v) is 6.71. The fraction of sp³-hybridized carbons (Fsp3) is 0.579. The van der Waals surface area contributed by atoms with Crippen molar-refractivity contribution in [2.24, 2.45) is 5.41 Å². The quantitative estimate of drug-likeness (QED) is 0.606. The lowest BCUT2D eigenvalue weighted by Gasteiger charge is -2.30. The lowest BCUT2D eigenvalue weighted by atomic mass is 10.0. The minimum Gasteiger partial charge on any atom is -0.497 e. The lowest BCUT2D eigenvalue weighted by molar-refractivity contribution is -0.144. The molecule has 1 aliphatic carbocycles. The topological polar surface area (TPSA) is 67.9 Å². The van der Waals surface area contributed by atoms with Gasteiger partial charge in [-0.3, -0.25) is 9.59 Å². The number of piperidine rings is 1. The van der Waals surface area contributed by atoms with Crippen LogP contribution in [0.2, 0.25) is 0 Å². The van der Waals surface area contributed by atoms with Crippen molar-refractivity contribution in [1.82, 2.24) is 10.2 Å². The summed E-state index contributed by atoms with van der Waals surface area (Å²) >= 11 is 0. The number of hydrogen-bond acceptors (Lipinski definition) is 4. The van der Waals surface area contributed by atoms with Crippen LogP contribution < -0.4 is 14.8 Å². The minimum atomic E-state index is -0.808. The molecule has 1 aromatic carbocycles. The molecule has 2 amide bonds. The van der Waals surface area contributed by atoms with E-state index < -0.39 is 5.41 Å². The van der Waals surface area contributed by atoms with E-state index in [1.165, 1.54) is 6.42 Å². The summed E-state index contributed by atoms with van der Waals surface area (Å²) in [6.45, 7) is 2.33. The molecule has 0 aromatic heterocycles. The normalized spacial score (nSPS) is 18.4. The molecule has 6 heteroatoms. The van der Waals surface area contributed by atoms with Crippen LogP contribution >= 0.6 is 0 Å². The van der Waals surface area contributed by atoms with Gasteiger partial charge in [-0.2, -0.15) is 0 Å². The Morgan fingerprint density at radius 3 is 2.32 bits per heavy atom. The maximum Gasteiger partial charge on any atom is 0.238 e. The standard InChI is InChI=1S/C19H26N2O4/c1-24-15-5-7-16(8-6-15)25-14-11-20-17(22)19(9-10-19)18(23)21-12-3-2-4-13-21/h5-8H,2-4,9-14H2,1H3,(H,20,22). The van der Waals surface area contributed by atoms with Crippen molar-refractivity contribution in [3.8, 4) is 11.5 Å². The van der Waals surface area contributed by atoms with Crippen LogP contribution in [0.25, 0.3) is 0 Å². The number of amides is 2. The SMILES string of the molecule is COc1ccc(OCCNC(=O)C2(C(=O)N3CCCCC3)CC2)cc1. The minimum absolute atomic E-state index is 0.0146. The molecule has 0 bridgehead atoms. The summed E-state index contributed by atoms with van der Waals surface area (Å²) in [4.78, 5) is 27.0. The summed E-state index contributed by atoms with van der Waals surface area (Å²) in [6.07, 6.45) is 4.57. The first-order chi connectivity index (χ1) is 12.2. The van der Waals surface area contributed by atoms with Crippen molar-refractivity contribution in [1.29, 1.82) is 0 Å². The zero-order chi connectivity index (χ0) is 17.7. The van der Waals surface area contributed by atoms with Crippen molar-refractivity contribution < 1.29 is 19.1 Å². The van der Waals surface area contributed by atoms with Gasteiger partial charge in [0, 0.05) is 13.1 Å². The molecule has 0 unspecified atom stereocenters. The molecule has 2 fully saturated rings. The van der Waals surface area contributed by atoms with E-state index in [0.717, 1.165) is 37.4 Å². The van der Waals surface area contributed by atoms with E-state index in [1.54, 1.807) is 7.11 Å². The second kappa shape index (κ2) is 7.76. The predicted octanol–water partition coefficient (Wildman–Crippen LogP) is 1.98. The Balaban J connectivity index is 1.43. The highest BCUT2D eigenvalue weighted by molar-refractivity contribution is 6.07. The summed E-state index contributed by atoms with van der Waals surface area (Å²) in [5, 5.41) is 2.86. The van der Waals surface area contributed by atoms with Crippen molar-refractivity contribution in [2.45, 2.75) is 32.1 Å². The Hall–Kier alpha value is -2.24. The first-order valence-corrected chi connectivity index (χ1v) is 9.00. The zero-order valence-electron chi connectivity index (χ0n) is 14.8. The van der Waals surface area contributed by atoms with Crippen LogP contribution in [0, 0.1) is 5.41 Å². The highest BCUT2D eigenvalue weighted by Gasteiger charge is 2.57. The van der Waals surface area contributed by atoms with Gasteiger partial charge in [-0.25, -0.2) is 0 Å². The van der Waals surface area contributed by atoms with Gasteiger partial charge in [-0.1, -0.05) is 0 Å². The summed E-state index contributed by atoms with van der Waals surface area (Å²) in [7, 11) is 1.62. The zero-order valence-corrected chi connectivity index (χ0v) is 14.8. The number of nitrogens with zero attached hydrogens (tertiary/aromatic N) is 1. The molecule has 1 heterocycles. The first-order valence-electron chi connectivity index (χ1n) is 9.00. The monoisotopic (exact) mass is 346 g/mol. The van der Waals surface area contributed by atoms with Gasteiger partial charge in [0.2, 0.25) is 11.8 Å². The van der Waals surface area contributed by atoms with Crippen LogP contribution in [0.4, 0.5) is 0 Å². The smallest absolute Gasteiger partial charge is 0.238 e. The van der Waals surface area contributed by atoms with Crippen LogP contribution in [-0.2, 0) is 9.59 Å². The number of ether oxygens (including phenoxy) is 2. The van der Waals surface area contributed by atoms with Gasteiger partial charge in [-0.05, 0) is 56.4 Å². The van der Waals surface area contributed by atoms with Crippen molar-refractivity contribution >= 4 is 11.8 Å². The third-order valence-corrected chi connectivity index (χ3v) is 4.95. The van der Waals surface area contributed by atoms with Gasteiger partial charge in [0.15, 0.2) is 0 Å². The van der Waals surface area contributed by atoms with Gasteiger partial charge < -0.3 is 19.7 Å². The highest BCUT2D eigenvalue weighted by Crippen LogP contribution is 2.47. The lowest BCUT2D eigenvalue weighted by Crippen LogP contribution is -2.47. The third kappa shape index (κ3) is 4.06. The van der Waals surface area contributed by atoms with E-state index in [9.17, 15) is 9.59 Å². The summed E-state index contributed by atoms with van der Waals surface area (Å²) < 4.78 is 10.7. The van der Waals surface area contributed by atoms with Crippen LogP contribution in [0.15, 0.2) is 24.3 Å². The predicted molar refractivity (Wildman–Crippen MR) is 93.6 cm³/mol. The first kappa shape index (κ1) is 17.6. The molecule has 1 saturated carbocycles. The van der Waals surface area contributed by atoms with Gasteiger partial charge in [-0.15, -0.1) is 0 Å². The number of methoxy groups -OCH3 is 1. The number of hydrogen-bond donors (Lipinski definition) is 1. The number of carbonyl (C=O) groups excluding carboxylic acids is 2.